The number of halogens is 1. The van der Waals surface area contributed by atoms with Crippen LogP contribution in [0.1, 0.15) is 5.56 Å². The second-order valence-electron chi connectivity index (χ2n) is 5.46. The number of carbonyl (C=O) groups excluding carboxylic acids is 2. The molecule has 2 aromatic rings. The van der Waals surface area contributed by atoms with Gasteiger partial charge in [-0.05, 0) is 29.8 Å². The minimum Gasteiger partial charge on any atom is -0.482 e. The van der Waals surface area contributed by atoms with Crippen molar-refractivity contribution in [3.63, 3.8) is 0 Å². The van der Waals surface area contributed by atoms with E-state index < -0.39 is 0 Å². The number of amides is 3. The van der Waals surface area contributed by atoms with E-state index in [1.54, 1.807) is 30.1 Å². The Morgan fingerprint density at radius 1 is 1.29 bits per heavy atom. The summed E-state index contributed by atoms with van der Waals surface area (Å²) in [6.07, 6.45) is 0. The maximum absolute atomic E-state index is 12.3. The number of anilines is 2. The second-order valence-corrected chi connectivity index (χ2v) is 6.38. The predicted octanol–water partition coefficient (Wildman–Crippen LogP) is 3.44. The highest BCUT2D eigenvalue weighted by Gasteiger charge is 2.17. The fraction of sp³-hybridized carbons (Fsp3) is 0.176. The lowest BCUT2D eigenvalue weighted by Crippen LogP contribution is -2.31. The smallest absolute Gasteiger partial charge is 0.321 e. The number of carbonyl (C=O) groups is 2. The lowest BCUT2D eigenvalue weighted by molar-refractivity contribution is -0.118. The zero-order valence-corrected chi connectivity index (χ0v) is 14.6. The summed E-state index contributed by atoms with van der Waals surface area (Å²) in [6, 6.07) is 12.7. The molecule has 2 N–H and O–H groups in total. The van der Waals surface area contributed by atoms with Gasteiger partial charge in [0, 0.05) is 29.8 Å². The minimum atomic E-state index is -0.224. The van der Waals surface area contributed by atoms with E-state index in [4.69, 9.17) is 4.74 Å². The van der Waals surface area contributed by atoms with Crippen molar-refractivity contribution in [2.75, 3.05) is 24.3 Å². The average Bonchev–Trinajstić information content (AvgIpc) is 2.57. The van der Waals surface area contributed by atoms with Crippen LogP contribution in [0.2, 0.25) is 0 Å². The number of hydrogen-bond donors (Lipinski definition) is 2. The maximum atomic E-state index is 12.3. The number of rotatable bonds is 3. The lowest BCUT2D eigenvalue weighted by Gasteiger charge is -2.21. The molecule has 0 atom stereocenters. The van der Waals surface area contributed by atoms with Gasteiger partial charge in [-0.25, -0.2) is 4.79 Å². The van der Waals surface area contributed by atoms with Crippen molar-refractivity contribution in [1.29, 1.82) is 0 Å². The van der Waals surface area contributed by atoms with Crippen LogP contribution in [-0.4, -0.2) is 30.5 Å². The Balaban J connectivity index is 1.63. The van der Waals surface area contributed by atoms with E-state index in [1.165, 1.54) is 0 Å². The van der Waals surface area contributed by atoms with Crippen molar-refractivity contribution in [2.45, 2.75) is 6.54 Å². The van der Waals surface area contributed by atoms with Crippen LogP contribution in [0.25, 0.3) is 0 Å². The first-order valence-corrected chi connectivity index (χ1v) is 8.14. The molecule has 0 saturated carbocycles. The van der Waals surface area contributed by atoms with Gasteiger partial charge >= 0.3 is 6.03 Å². The number of hydrogen-bond acceptors (Lipinski definition) is 3. The molecule has 3 rings (SSSR count). The quantitative estimate of drug-likeness (QED) is 0.844. The van der Waals surface area contributed by atoms with Gasteiger partial charge in [0.15, 0.2) is 6.61 Å². The molecule has 0 bridgehead atoms. The summed E-state index contributed by atoms with van der Waals surface area (Å²) in [5, 5.41) is 5.53. The van der Waals surface area contributed by atoms with Crippen LogP contribution in [0.15, 0.2) is 46.9 Å². The molecular formula is C17H16BrN3O3. The molecule has 0 aliphatic carbocycles. The molecule has 0 aromatic heterocycles. The van der Waals surface area contributed by atoms with Crippen molar-refractivity contribution >= 4 is 39.2 Å². The largest absolute Gasteiger partial charge is 0.482 e. The summed E-state index contributed by atoms with van der Waals surface area (Å²) in [4.78, 5) is 25.1. The first-order chi connectivity index (χ1) is 11.5. The third kappa shape index (κ3) is 3.86. The van der Waals surface area contributed by atoms with Crippen LogP contribution in [0.3, 0.4) is 0 Å². The van der Waals surface area contributed by atoms with Gasteiger partial charge in [-0.3, -0.25) is 4.79 Å². The molecule has 1 heterocycles. The molecule has 3 amide bonds. The highest BCUT2D eigenvalue weighted by atomic mass is 79.9. The van der Waals surface area contributed by atoms with Crippen molar-refractivity contribution in [2.24, 2.45) is 0 Å². The minimum absolute atomic E-state index is 0.0200. The van der Waals surface area contributed by atoms with Gasteiger partial charge in [0.1, 0.15) is 5.75 Å². The molecule has 24 heavy (non-hydrogen) atoms. The SMILES string of the molecule is CN(Cc1ccc(Br)cc1)C(=O)Nc1ccc2c(c1)OCC(=O)N2. The Bertz CT molecular complexity index is 777. The van der Waals surface area contributed by atoms with Crippen LogP contribution in [0.5, 0.6) is 5.75 Å². The molecule has 0 fully saturated rings. The number of benzene rings is 2. The Hall–Kier alpha value is -2.54. The van der Waals surface area contributed by atoms with E-state index in [0.29, 0.717) is 23.7 Å². The summed E-state index contributed by atoms with van der Waals surface area (Å²) in [5.74, 6) is 0.358. The van der Waals surface area contributed by atoms with Crippen LogP contribution in [-0.2, 0) is 11.3 Å². The molecule has 2 aromatic carbocycles. The predicted molar refractivity (Wildman–Crippen MR) is 95.2 cm³/mol. The summed E-state index contributed by atoms with van der Waals surface area (Å²) in [7, 11) is 1.73. The van der Waals surface area contributed by atoms with Gasteiger partial charge in [0.2, 0.25) is 0 Å². The molecule has 124 valence electrons. The zero-order valence-electron chi connectivity index (χ0n) is 13.0. The number of nitrogens with one attached hydrogen (secondary N) is 2. The van der Waals surface area contributed by atoms with E-state index in [-0.39, 0.29) is 18.5 Å². The van der Waals surface area contributed by atoms with Crippen LogP contribution >= 0.6 is 15.9 Å². The van der Waals surface area contributed by atoms with E-state index in [9.17, 15) is 9.59 Å². The second kappa shape index (κ2) is 6.92. The molecule has 0 unspecified atom stereocenters. The highest BCUT2D eigenvalue weighted by molar-refractivity contribution is 9.10. The monoisotopic (exact) mass is 389 g/mol. The van der Waals surface area contributed by atoms with Crippen LogP contribution in [0.4, 0.5) is 16.2 Å². The van der Waals surface area contributed by atoms with E-state index >= 15 is 0 Å². The number of urea groups is 1. The molecule has 7 heteroatoms. The molecule has 0 spiro atoms. The summed E-state index contributed by atoms with van der Waals surface area (Å²) in [5.41, 5.74) is 2.25. The van der Waals surface area contributed by atoms with Crippen molar-refractivity contribution in [1.82, 2.24) is 4.90 Å². The fourth-order valence-electron chi connectivity index (χ4n) is 2.31. The average molecular weight is 390 g/mol. The third-order valence-corrected chi connectivity index (χ3v) is 4.07. The number of fused-ring (bicyclic) bond motifs is 1. The fourth-order valence-corrected chi connectivity index (χ4v) is 2.57. The Morgan fingerprint density at radius 3 is 2.79 bits per heavy atom. The highest BCUT2D eigenvalue weighted by Crippen LogP contribution is 2.30. The number of ether oxygens (including phenoxy) is 1. The Morgan fingerprint density at radius 2 is 2.04 bits per heavy atom. The van der Waals surface area contributed by atoms with Crippen molar-refractivity contribution in [3.05, 3.63) is 52.5 Å². The van der Waals surface area contributed by atoms with Crippen LogP contribution < -0.4 is 15.4 Å². The maximum Gasteiger partial charge on any atom is 0.321 e. The first kappa shape index (κ1) is 16.3. The molecule has 1 aliphatic rings. The van der Waals surface area contributed by atoms with Gasteiger partial charge in [0.05, 0.1) is 5.69 Å². The molecule has 0 radical (unpaired) electrons. The third-order valence-electron chi connectivity index (χ3n) is 3.55. The van der Waals surface area contributed by atoms with Crippen LogP contribution in [0, 0.1) is 0 Å². The molecule has 6 nitrogen and oxygen atoms in total. The normalized spacial score (nSPS) is 12.7. The number of nitrogens with zero attached hydrogens (tertiary/aromatic N) is 1. The van der Waals surface area contributed by atoms with Gasteiger partial charge in [-0.2, -0.15) is 0 Å². The summed E-state index contributed by atoms with van der Waals surface area (Å²) < 4.78 is 6.34. The van der Waals surface area contributed by atoms with Crippen molar-refractivity contribution in [3.8, 4) is 5.75 Å². The summed E-state index contributed by atoms with van der Waals surface area (Å²) in [6.45, 7) is 0.477. The van der Waals surface area contributed by atoms with E-state index in [2.05, 4.69) is 26.6 Å². The van der Waals surface area contributed by atoms with Gasteiger partial charge in [-0.15, -0.1) is 0 Å². The van der Waals surface area contributed by atoms with E-state index in [0.717, 1.165) is 10.0 Å². The summed E-state index contributed by atoms with van der Waals surface area (Å²) >= 11 is 3.39. The standard InChI is InChI=1S/C17H16BrN3O3/c1-21(9-11-2-4-12(18)5-3-11)17(23)19-13-6-7-14-15(8-13)24-10-16(22)20-14/h2-8H,9-10H2,1H3,(H,19,23)(H,20,22). The lowest BCUT2D eigenvalue weighted by atomic mass is 10.2. The van der Waals surface area contributed by atoms with Gasteiger partial charge in [0.25, 0.3) is 5.91 Å². The topological polar surface area (TPSA) is 70.7 Å². The van der Waals surface area contributed by atoms with Gasteiger partial charge in [-0.1, -0.05) is 28.1 Å². The Labute approximate surface area is 147 Å². The van der Waals surface area contributed by atoms with E-state index in [1.807, 2.05) is 24.3 Å². The first-order valence-electron chi connectivity index (χ1n) is 7.34. The molecular weight excluding hydrogens is 374 g/mol. The zero-order chi connectivity index (χ0) is 17.1. The Kier molecular flexibility index (Phi) is 4.71. The van der Waals surface area contributed by atoms with Gasteiger partial charge < -0.3 is 20.3 Å². The molecule has 0 saturated heterocycles. The molecule has 1 aliphatic heterocycles. The van der Waals surface area contributed by atoms with Crippen molar-refractivity contribution < 1.29 is 14.3 Å².